The van der Waals surface area contributed by atoms with E-state index < -0.39 is 0 Å². The fourth-order valence-corrected chi connectivity index (χ4v) is 4.81. The normalized spacial score (nSPS) is 11.7. The van der Waals surface area contributed by atoms with Crippen LogP contribution < -0.4 is 5.56 Å². The highest BCUT2D eigenvalue weighted by Crippen LogP contribution is 2.22. The van der Waals surface area contributed by atoms with E-state index in [1.54, 1.807) is 6.21 Å². The smallest absolute Gasteiger partial charge is 0.282 e. The van der Waals surface area contributed by atoms with Crippen LogP contribution in [-0.4, -0.2) is 20.4 Å². The highest BCUT2D eigenvalue weighted by Gasteiger charge is 2.12. The molecule has 6 heteroatoms. The lowest BCUT2D eigenvalue weighted by Gasteiger charge is -2.09. The Morgan fingerprint density at radius 3 is 2.71 bits per heavy atom. The van der Waals surface area contributed by atoms with E-state index in [4.69, 9.17) is 4.98 Å². The Morgan fingerprint density at radius 1 is 1.03 bits per heavy atom. The van der Waals surface area contributed by atoms with Crippen LogP contribution in [-0.2, 0) is 13.0 Å². The largest absolute Gasteiger partial charge is 0.342 e. The fraction of sp³-hybridized carbons (Fsp3) is 0.207. The summed E-state index contributed by atoms with van der Waals surface area (Å²) in [6, 6.07) is 22.5. The predicted molar refractivity (Wildman–Crippen MR) is 148 cm³/mol. The van der Waals surface area contributed by atoms with Gasteiger partial charge >= 0.3 is 0 Å². The molecule has 5 nitrogen and oxygen atoms in total. The molecule has 0 atom stereocenters. The molecule has 0 fully saturated rings. The maximum Gasteiger partial charge on any atom is 0.282 e. The summed E-state index contributed by atoms with van der Waals surface area (Å²) in [5, 5.41) is 6.34. The average molecular weight is 527 g/mol. The second-order valence-corrected chi connectivity index (χ2v) is 9.79. The van der Waals surface area contributed by atoms with E-state index in [1.165, 1.54) is 15.8 Å². The Balaban J connectivity index is 1.59. The molecule has 0 aliphatic heterocycles. The molecule has 5 aromatic rings. The van der Waals surface area contributed by atoms with Gasteiger partial charge in [-0.1, -0.05) is 77.3 Å². The summed E-state index contributed by atoms with van der Waals surface area (Å²) in [7, 11) is 0. The van der Waals surface area contributed by atoms with Crippen molar-refractivity contribution in [1.82, 2.24) is 14.2 Å². The van der Waals surface area contributed by atoms with Crippen LogP contribution in [0.25, 0.3) is 21.8 Å². The summed E-state index contributed by atoms with van der Waals surface area (Å²) in [6.07, 6.45) is 6.56. The monoisotopic (exact) mass is 526 g/mol. The number of fused-ring (bicyclic) bond motifs is 2. The molecule has 2 heterocycles. The fourth-order valence-electron chi connectivity index (χ4n) is 4.45. The van der Waals surface area contributed by atoms with Crippen molar-refractivity contribution in [2.24, 2.45) is 5.10 Å². The molecular formula is C29H27BrN4O. The summed E-state index contributed by atoms with van der Waals surface area (Å²) in [6.45, 7) is 5.01. The molecule has 35 heavy (non-hydrogen) atoms. The minimum Gasteiger partial charge on any atom is -0.342 e. The van der Waals surface area contributed by atoms with Crippen LogP contribution in [0.1, 0.15) is 42.3 Å². The third-order valence-corrected chi connectivity index (χ3v) is 6.69. The molecule has 0 aliphatic carbocycles. The zero-order chi connectivity index (χ0) is 24.4. The van der Waals surface area contributed by atoms with E-state index in [9.17, 15) is 4.79 Å². The van der Waals surface area contributed by atoms with Crippen LogP contribution in [0, 0.1) is 6.92 Å². The third kappa shape index (κ3) is 4.84. The highest BCUT2D eigenvalue weighted by atomic mass is 79.9. The zero-order valence-corrected chi connectivity index (χ0v) is 21.5. The van der Waals surface area contributed by atoms with Gasteiger partial charge in [-0.25, -0.2) is 4.98 Å². The van der Waals surface area contributed by atoms with E-state index in [2.05, 4.69) is 88.1 Å². The van der Waals surface area contributed by atoms with Crippen LogP contribution in [0.15, 0.2) is 87.3 Å². The Kier molecular flexibility index (Phi) is 6.64. The summed E-state index contributed by atoms with van der Waals surface area (Å²) in [4.78, 5) is 18.2. The van der Waals surface area contributed by atoms with Gasteiger partial charge in [0.05, 0.1) is 17.1 Å². The molecular weight excluding hydrogens is 500 g/mol. The molecule has 0 saturated heterocycles. The van der Waals surface area contributed by atoms with Crippen LogP contribution >= 0.6 is 15.9 Å². The van der Waals surface area contributed by atoms with Gasteiger partial charge in [-0.15, -0.1) is 0 Å². The van der Waals surface area contributed by atoms with Gasteiger partial charge in [-0.3, -0.25) is 4.79 Å². The van der Waals surface area contributed by atoms with Crippen molar-refractivity contribution in [3.8, 4) is 0 Å². The first-order chi connectivity index (χ1) is 17.0. The molecule has 176 valence electrons. The lowest BCUT2D eigenvalue weighted by Crippen LogP contribution is -2.22. The van der Waals surface area contributed by atoms with Crippen molar-refractivity contribution in [1.29, 1.82) is 0 Å². The van der Waals surface area contributed by atoms with E-state index >= 15 is 0 Å². The second-order valence-electron chi connectivity index (χ2n) is 8.87. The van der Waals surface area contributed by atoms with Crippen LogP contribution in [0.5, 0.6) is 0 Å². The molecule has 0 radical (unpaired) electrons. The molecule has 3 aromatic carbocycles. The Morgan fingerprint density at radius 2 is 1.89 bits per heavy atom. The van der Waals surface area contributed by atoms with Gasteiger partial charge in [0.25, 0.3) is 5.56 Å². The number of rotatable bonds is 7. The number of halogens is 1. The first-order valence-electron chi connectivity index (χ1n) is 11.9. The maximum absolute atomic E-state index is 13.4. The molecule has 0 unspecified atom stereocenters. The van der Waals surface area contributed by atoms with Gasteiger partial charge in [-0.2, -0.15) is 9.78 Å². The molecule has 5 rings (SSSR count). The van der Waals surface area contributed by atoms with E-state index in [-0.39, 0.29) is 5.56 Å². The van der Waals surface area contributed by atoms with Crippen molar-refractivity contribution < 1.29 is 0 Å². The number of hydrogen-bond donors (Lipinski definition) is 0. The van der Waals surface area contributed by atoms with Gasteiger partial charge in [0.2, 0.25) is 0 Å². The van der Waals surface area contributed by atoms with Crippen molar-refractivity contribution in [2.75, 3.05) is 0 Å². The molecule has 0 N–H and O–H groups in total. The van der Waals surface area contributed by atoms with E-state index in [1.807, 2.05) is 24.3 Å². The second kappa shape index (κ2) is 10.0. The molecule has 0 bridgehead atoms. The van der Waals surface area contributed by atoms with Gasteiger partial charge < -0.3 is 4.57 Å². The number of aryl methyl sites for hydroxylation is 2. The van der Waals surface area contributed by atoms with Crippen molar-refractivity contribution in [3.63, 3.8) is 0 Å². The molecule has 0 amide bonds. The number of nitrogens with zero attached hydrogens (tertiary/aromatic N) is 4. The van der Waals surface area contributed by atoms with Crippen molar-refractivity contribution in [3.05, 3.63) is 110 Å². The quantitative estimate of drug-likeness (QED) is 0.221. The Bertz CT molecular complexity index is 1610. The van der Waals surface area contributed by atoms with E-state index in [0.717, 1.165) is 40.3 Å². The van der Waals surface area contributed by atoms with Crippen molar-refractivity contribution >= 4 is 44.0 Å². The van der Waals surface area contributed by atoms with Gasteiger partial charge in [0.1, 0.15) is 5.82 Å². The minimum atomic E-state index is -0.151. The lowest BCUT2D eigenvalue weighted by atomic mass is 10.1. The summed E-state index contributed by atoms with van der Waals surface area (Å²) >= 11 is 3.47. The zero-order valence-electron chi connectivity index (χ0n) is 19.9. The van der Waals surface area contributed by atoms with Gasteiger partial charge in [-0.05, 0) is 43.2 Å². The molecule has 0 saturated carbocycles. The molecule has 0 spiro atoms. The number of para-hydroxylation sites is 1. The number of unbranched alkanes of at least 4 members (excludes halogenated alkanes) is 1. The Labute approximate surface area is 212 Å². The topological polar surface area (TPSA) is 52.2 Å². The first-order valence-corrected chi connectivity index (χ1v) is 12.7. The minimum absolute atomic E-state index is 0.151. The molecule has 2 aromatic heterocycles. The average Bonchev–Trinajstić information content (AvgIpc) is 3.20. The number of benzene rings is 3. The standard InChI is InChI=1S/C29H27BrN4O/c1-3-4-12-28-32-26-14-13-23(30)16-25(26)29(35)34(28)31-17-22-19-33(27-11-6-5-10-24(22)27)18-21-9-7-8-20(2)15-21/h5-11,13-17,19H,3-4,12,18H2,1-2H3. The highest BCUT2D eigenvalue weighted by molar-refractivity contribution is 9.10. The van der Waals surface area contributed by atoms with E-state index in [0.29, 0.717) is 23.1 Å². The van der Waals surface area contributed by atoms with Crippen LogP contribution in [0.3, 0.4) is 0 Å². The predicted octanol–water partition coefficient (Wildman–Crippen LogP) is 6.70. The van der Waals surface area contributed by atoms with Gasteiger partial charge in [0, 0.05) is 40.1 Å². The van der Waals surface area contributed by atoms with Crippen molar-refractivity contribution in [2.45, 2.75) is 39.7 Å². The Hall–Kier alpha value is -3.51. The third-order valence-electron chi connectivity index (χ3n) is 6.20. The summed E-state index contributed by atoms with van der Waals surface area (Å²) in [5.41, 5.74) is 5.14. The van der Waals surface area contributed by atoms with Crippen LogP contribution in [0.2, 0.25) is 0 Å². The summed E-state index contributed by atoms with van der Waals surface area (Å²) in [5.74, 6) is 0.687. The maximum atomic E-state index is 13.4. The lowest BCUT2D eigenvalue weighted by molar-refractivity contribution is 0.675. The first kappa shape index (κ1) is 23.2. The molecule has 0 aliphatic rings. The van der Waals surface area contributed by atoms with Gasteiger partial charge in [0.15, 0.2) is 0 Å². The summed E-state index contributed by atoms with van der Waals surface area (Å²) < 4.78 is 4.55. The van der Waals surface area contributed by atoms with Crippen LogP contribution in [0.4, 0.5) is 0 Å². The SMILES string of the molecule is CCCCc1nc2ccc(Br)cc2c(=O)n1N=Cc1cn(Cc2cccc(C)c2)c2ccccc12. The number of aromatic nitrogens is 3. The number of hydrogen-bond acceptors (Lipinski definition) is 3.